The summed E-state index contributed by atoms with van der Waals surface area (Å²) in [5, 5.41) is 3.19. The summed E-state index contributed by atoms with van der Waals surface area (Å²) < 4.78 is 0. The van der Waals surface area contributed by atoms with E-state index in [0.717, 1.165) is 5.69 Å². The number of carbonyl (C=O) groups is 1. The molecule has 0 fully saturated rings. The van der Waals surface area contributed by atoms with E-state index in [1.165, 1.54) is 0 Å². The van der Waals surface area contributed by atoms with E-state index >= 15 is 0 Å². The summed E-state index contributed by atoms with van der Waals surface area (Å²) >= 11 is 5.71. The molecule has 1 heterocycles. The Hall–Kier alpha value is -1.36. The minimum absolute atomic E-state index is 0.180. The average molecular weight is 243 g/mol. The maximum atomic E-state index is 11.1. The van der Waals surface area contributed by atoms with Crippen LogP contribution in [-0.2, 0) is 4.79 Å². The fourth-order valence-corrected chi connectivity index (χ4v) is 1.25. The van der Waals surface area contributed by atoms with Crippen molar-refractivity contribution in [2.75, 3.05) is 11.9 Å². The number of hydrogen-bond acceptors (Lipinski definition) is 4. The van der Waals surface area contributed by atoms with Gasteiger partial charge in [-0.1, -0.05) is 0 Å². The highest BCUT2D eigenvalue weighted by Crippen LogP contribution is 2.16. The second kappa shape index (κ2) is 4.65. The Labute approximate surface area is 99.4 Å². The van der Waals surface area contributed by atoms with Crippen molar-refractivity contribution >= 4 is 23.3 Å². The van der Waals surface area contributed by atoms with E-state index in [9.17, 15) is 4.79 Å². The second-order valence-electron chi connectivity index (χ2n) is 4.27. The van der Waals surface area contributed by atoms with Crippen molar-refractivity contribution in [3.8, 4) is 0 Å². The van der Waals surface area contributed by atoms with Crippen LogP contribution in [0.25, 0.3) is 0 Å². The lowest BCUT2D eigenvalue weighted by Gasteiger charge is -2.21. The highest BCUT2D eigenvalue weighted by molar-refractivity contribution is 6.28. The van der Waals surface area contributed by atoms with Crippen LogP contribution in [0.5, 0.6) is 0 Å². The van der Waals surface area contributed by atoms with Crippen LogP contribution in [0.2, 0.25) is 5.28 Å². The molecular formula is C10H15ClN4O. The van der Waals surface area contributed by atoms with Crippen molar-refractivity contribution in [1.29, 1.82) is 0 Å². The second-order valence-corrected chi connectivity index (χ2v) is 4.60. The monoisotopic (exact) mass is 242 g/mol. The molecule has 1 amide bonds. The topological polar surface area (TPSA) is 80.9 Å². The van der Waals surface area contributed by atoms with Gasteiger partial charge >= 0.3 is 0 Å². The van der Waals surface area contributed by atoms with Gasteiger partial charge in [-0.3, -0.25) is 4.79 Å². The predicted molar refractivity (Wildman–Crippen MR) is 63.2 cm³/mol. The Morgan fingerprint density at radius 3 is 2.69 bits per heavy atom. The largest absolute Gasteiger partial charge is 0.369 e. The Morgan fingerprint density at radius 1 is 1.56 bits per heavy atom. The smallest absolute Gasteiger partial charge is 0.224 e. The maximum Gasteiger partial charge on any atom is 0.224 e. The van der Waals surface area contributed by atoms with Gasteiger partial charge in [0, 0.05) is 18.3 Å². The lowest BCUT2D eigenvalue weighted by atomic mass is 9.93. The molecule has 0 radical (unpaired) electrons. The summed E-state index contributed by atoms with van der Waals surface area (Å²) in [4.78, 5) is 19.0. The number of aryl methyl sites for hydroxylation is 1. The number of amides is 1. The first-order valence-corrected chi connectivity index (χ1v) is 5.24. The first-order chi connectivity index (χ1) is 7.31. The van der Waals surface area contributed by atoms with Crippen molar-refractivity contribution in [2.24, 2.45) is 11.1 Å². The third-order valence-electron chi connectivity index (χ3n) is 2.21. The van der Waals surface area contributed by atoms with Gasteiger partial charge in [-0.2, -0.15) is 0 Å². The molecule has 1 aromatic heterocycles. The van der Waals surface area contributed by atoms with E-state index in [2.05, 4.69) is 15.3 Å². The van der Waals surface area contributed by atoms with Crippen LogP contribution in [0.1, 0.15) is 19.5 Å². The molecule has 5 nitrogen and oxygen atoms in total. The molecule has 0 aliphatic heterocycles. The van der Waals surface area contributed by atoms with Gasteiger partial charge in [-0.25, -0.2) is 9.97 Å². The molecule has 0 aromatic carbocycles. The standard InChI is InChI=1S/C10H15ClN4O/c1-6-4-7(15-9(11)14-6)13-5-10(2,3)8(12)16/h4H,5H2,1-3H3,(H2,12,16)(H,13,14,15). The molecular weight excluding hydrogens is 228 g/mol. The van der Waals surface area contributed by atoms with Gasteiger partial charge in [0.2, 0.25) is 11.2 Å². The van der Waals surface area contributed by atoms with Gasteiger partial charge in [0.25, 0.3) is 0 Å². The van der Waals surface area contributed by atoms with Crippen LogP contribution in [0.4, 0.5) is 5.82 Å². The number of carbonyl (C=O) groups excluding carboxylic acids is 1. The van der Waals surface area contributed by atoms with Crippen LogP contribution < -0.4 is 11.1 Å². The molecule has 0 atom stereocenters. The first kappa shape index (κ1) is 12.7. The normalized spacial score (nSPS) is 11.2. The summed E-state index contributed by atoms with van der Waals surface area (Å²) in [6, 6.07) is 1.75. The van der Waals surface area contributed by atoms with Crippen molar-refractivity contribution in [3.63, 3.8) is 0 Å². The van der Waals surface area contributed by atoms with Gasteiger partial charge in [0.1, 0.15) is 5.82 Å². The Bertz CT molecular complexity index is 386. The molecule has 0 unspecified atom stereocenters. The van der Waals surface area contributed by atoms with Gasteiger partial charge in [-0.05, 0) is 32.4 Å². The molecule has 0 bridgehead atoms. The number of aromatic nitrogens is 2. The summed E-state index contributed by atoms with van der Waals surface area (Å²) in [7, 11) is 0. The van der Waals surface area contributed by atoms with Crippen LogP contribution in [-0.4, -0.2) is 22.4 Å². The quantitative estimate of drug-likeness (QED) is 0.782. The maximum absolute atomic E-state index is 11.1. The van der Waals surface area contributed by atoms with E-state index in [1.54, 1.807) is 19.9 Å². The van der Waals surface area contributed by atoms with Gasteiger partial charge in [0.05, 0.1) is 5.41 Å². The predicted octanol–water partition coefficient (Wildman–Crippen LogP) is 1.36. The first-order valence-electron chi connectivity index (χ1n) is 4.86. The number of nitrogens with one attached hydrogen (secondary N) is 1. The average Bonchev–Trinajstić information content (AvgIpc) is 2.13. The SMILES string of the molecule is Cc1cc(NCC(C)(C)C(N)=O)nc(Cl)n1. The molecule has 1 rings (SSSR count). The number of nitrogens with zero attached hydrogens (tertiary/aromatic N) is 2. The van der Waals surface area contributed by atoms with Crippen molar-refractivity contribution in [2.45, 2.75) is 20.8 Å². The third kappa shape index (κ3) is 3.34. The van der Waals surface area contributed by atoms with Crippen LogP contribution >= 0.6 is 11.6 Å². The van der Waals surface area contributed by atoms with E-state index in [4.69, 9.17) is 17.3 Å². The van der Waals surface area contributed by atoms with Crippen LogP contribution in [0.3, 0.4) is 0 Å². The van der Waals surface area contributed by atoms with E-state index in [-0.39, 0.29) is 11.2 Å². The highest BCUT2D eigenvalue weighted by atomic mass is 35.5. The van der Waals surface area contributed by atoms with Crippen LogP contribution in [0, 0.1) is 12.3 Å². The highest BCUT2D eigenvalue weighted by Gasteiger charge is 2.24. The molecule has 88 valence electrons. The van der Waals surface area contributed by atoms with Crippen molar-refractivity contribution in [1.82, 2.24) is 9.97 Å². The van der Waals surface area contributed by atoms with Crippen molar-refractivity contribution in [3.05, 3.63) is 17.0 Å². The van der Waals surface area contributed by atoms with E-state index in [1.807, 2.05) is 6.92 Å². The number of rotatable bonds is 4. The summed E-state index contributed by atoms with van der Waals surface area (Å²) in [6.07, 6.45) is 0. The number of nitrogens with two attached hydrogens (primary N) is 1. The van der Waals surface area contributed by atoms with Crippen molar-refractivity contribution < 1.29 is 4.79 Å². The van der Waals surface area contributed by atoms with Gasteiger partial charge in [-0.15, -0.1) is 0 Å². The minimum atomic E-state index is -0.634. The number of halogens is 1. The molecule has 1 aromatic rings. The Kier molecular flexibility index (Phi) is 3.70. The molecule has 0 spiro atoms. The third-order valence-corrected chi connectivity index (χ3v) is 2.37. The Balaban J connectivity index is 2.71. The number of primary amides is 1. The van der Waals surface area contributed by atoms with Gasteiger partial charge < -0.3 is 11.1 Å². The molecule has 0 saturated carbocycles. The van der Waals surface area contributed by atoms with E-state index < -0.39 is 5.41 Å². The summed E-state index contributed by atoms with van der Waals surface area (Å²) in [5.41, 5.74) is 5.39. The Morgan fingerprint density at radius 2 is 2.19 bits per heavy atom. The lowest BCUT2D eigenvalue weighted by molar-refractivity contribution is -0.125. The molecule has 6 heteroatoms. The minimum Gasteiger partial charge on any atom is -0.369 e. The molecule has 3 N–H and O–H groups in total. The zero-order chi connectivity index (χ0) is 12.3. The zero-order valence-corrected chi connectivity index (χ0v) is 10.3. The fourth-order valence-electron chi connectivity index (χ4n) is 1.02. The molecule has 0 aliphatic carbocycles. The molecule has 16 heavy (non-hydrogen) atoms. The molecule has 0 aliphatic rings. The fraction of sp³-hybridized carbons (Fsp3) is 0.500. The number of hydrogen-bond donors (Lipinski definition) is 2. The van der Waals surface area contributed by atoms with Gasteiger partial charge in [0.15, 0.2) is 0 Å². The summed E-state index contributed by atoms with van der Waals surface area (Å²) in [5.74, 6) is 0.226. The zero-order valence-electron chi connectivity index (χ0n) is 9.54. The van der Waals surface area contributed by atoms with Crippen LogP contribution in [0.15, 0.2) is 6.07 Å². The summed E-state index contributed by atoms with van der Waals surface area (Å²) in [6.45, 7) is 5.74. The lowest BCUT2D eigenvalue weighted by Crippen LogP contribution is -2.37. The van der Waals surface area contributed by atoms with E-state index in [0.29, 0.717) is 12.4 Å². The molecule has 0 saturated heterocycles. The number of anilines is 1.